The maximum absolute atomic E-state index is 9.99. The predicted octanol–water partition coefficient (Wildman–Crippen LogP) is 1.80. The van der Waals surface area contributed by atoms with E-state index in [0.29, 0.717) is 6.42 Å². The average molecular weight is 234 g/mol. The van der Waals surface area contributed by atoms with Crippen molar-refractivity contribution in [2.45, 2.75) is 6.42 Å². The van der Waals surface area contributed by atoms with E-state index in [-0.39, 0.29) is 20.7 Å². The van der Waals surface area contributed by atoms with Crippen LogP contribution < -0.4 is 0 Å². The fourth-order valence-corrected chi connectivity index (χ4v) is 2.14. The summed E-state index contributed by atoms with van der Waals surface area (Å²) in [6.45, 7) is 0. The van der Waals surface area contributed by atoms with Crippen molar-refractivity contribution in [2.24, 2.45) is 0 Å². The second-order valence-electron chi connectivity index (χ2n) is 1.66. The molecule has 0 aromatic heterocycles. The molecule has 1 nitrogen and oxygen atoms in total. The molecule has 0 fully saturated rings. The third-order valence-electron chi connectivity index (χ3n) is 1.02. The van der Waals surface area contributed by atoms with Crippen LogP contribution in [0.5, 0.6) is 0 Å². The Morgan fingerprint density at radius 3 is 3.11 bits per heavy atom. The van der Waals surface area contributed by atoms with Crippen molar-refractivity contribution in [1.82, 2.24) is 0 Å². The summed E-state index contributed by atoms with van der Waals surface area (Å²) in [7, 11) is 0. The second-order valence-corrected chi connectivity index (χ2v) is 3.81. The van der Waals surface area contributed by atoms with Gasteiger partial charge in [-0.2, -0.15) is 0 Å². The van der Waals surface area contributed by atoms with Crippen molar-refractivity contribution in [3.05, 3.63) is 21.8 Å². The molecule has 9 heavy (non-hydrogen) atoms. The highest BCUT2D eigenvalue weighted by Gasteiger charge is 1.89. The molecule has 0 saturated heterocycles. The molecule has 0 N–H and O–H groups in total. The highest BCUT2D eigenvalue weighted by Crippen LogP contribution is 2.10. The number of hydrogen-bond acceptors (Lipinski definition) is 1. The largest absolute Gasteiger partial charge is 0.303 e. The zero-order chi connectivity index (χ0) is 6.53. The van der Waals surface area contributed by atoms with Crippen LogP contribution in [0.2, 0.25) is 0 Å². The average Bonchev–Trinajstić information content (AvgIpc) is 1.91. The van der Waals surface area contributed by atoms with E-state index in [1.807, 2.05) is 12.2 Å². The highest BCUT2D eigenvalue weighted by atomic mass is 127. The molecule has 1 heterocycles. The van der Waals surface area contributed by atoms with Crippen molar-refractivity contribution in [3.63, 3.8) is 0 Å². The fourth-order valence-electron chi connectivity index (χ4n) is 0.564. The maximum atomic E-state index is 9.99. The van der Waals surface area contributed by atoms with Gasteiger partial charge in [0, 0.05) is 6.42 Å². The quantitative estimate of drug-likeness (QED) is 0.526. The number of allylic oxidation sites excluding steroid dienone is 3. The van der Waals surface area contributed by atoms with Crippen LogP contribution in [-0.4, -0.2) is 10.3 Å². The zero-order valence-electron chi connectivity index (χ0n) is 4.88. The van der Waals surface area contributed by atoms with Crippen molar-refractivity contribution < 1.29 is 4.79 Å². The van der Waals surface area contributed by atoms with Gasteiger partial charge >= 0.3 is 0 Å². The molecular weight excluding hydrogens is 227 g/mol. The van der Waals surface area contributed by atoms with Gasteiger partial charge in [0.05, 0.1) is 0 Å². The van der Waals surface area contributed by atoms with E-state index >= 15 is 0 Å². The molecule has 0 atom stereocenters. The van der Waals surface area contributed by atoms with Gasteiger partial charge in [0.1, 0.15) is 6.29 Å². The van der Waals surface area contributed by atoms with Gasteiger partial charge < -0.3 is 4.79 Å². The van der Waals surface area contributed by atoms with Gasteiger partial charge in [0.2, 0.25) is 0 Å². The van der Waals surface area contributed by atoms with Gasteiger partial charge in [0.15, 0.2) is 0 Å². The SMILES string of the molecule is O=CCC1=CC=IC=C1. The Labute approximate surface area is 64.2 Å². The van der Waals surface area contributed by atoms with Crippen molar-refractivity contribution in [1.29, 1.82) is 0 Å². The summed E-state index contributed by atoms with van der Waals surface area (Å²) >= 11 is 0.178. The van der Waals surface area contributed by atoms with Gasteiger partial charge in [-0.15, -0.1) is 0 Å². The Morgan fingerprint density at radius 2 is 2.56 bits per heavy atom. The van der Waals surface area contributed by atoms with E-state index < -0.39 is 0 Å². The summed E-state index contributed by atoms with van der Waals surface area (Å²) < 4.78 is 4.33. The monoisotopic (exact) mass is 234 g/mol. The summed E-state index contributed by atoms with van der Waals surface area (Å²) in [4.78, 5) is 9.99. The minimum absolute atomic E-state index is 0.178. The van der Waals surface area contributed by atoms with Crippen LogP contribution >= 0.6 is 20.7 Å². The molecule has 0 aromatic carbocycles. The molecule has 1 aliphatic heterocycles. The van der Waals surface area contributed by atoms with E-state index in [0.717, 1.165) is 11.9 Å². The standard InChI is InChI=1S/C7H7IO/c9-6-3-7-1-4-8-5-2-7/h1-2,4-6H,3H2. The molecular formula is C7H7IO. The van der Waals surface area contributed by atoms with Crippen LogP contribution in [0, 0.1) is 0 Å². The summed E-state index contributed by atoms with van der Waals surface area (Å²) in [5.74, 6) is 0. The number of hydrogen-bond donors (Lipinski definition) is 0. The molecule has 1 rings (SSSR count). The normalized spacial score (nSPS) is 16.2. The van der Waals surface area contributed by atoms with Crippen LogP contribution in [0.15, 0.2) is 21.8 Å². The van der Waals surface area contributed by atoms with E-state index in [1.54, 1.807) is 0 Å². The number of aldehydes is 1. The molecule has 48 valence electrons. The first kappa shape index (κ1) is 6.86. The minimum atomic E-state index is 0.178. The van der Waals surface area contributed by atoms with Crippen LogP contribution in [0.1, 0.15) is 6.42 Å². The number of carbonyl (C=O) groups is 1. The number of carbonyl (C=O) groups excluding carboxylic acids is 1. The lowest BCUT2D eigenvalue weighted by Gasteiger charge is -1.94. The third kappa shape index (κ3) is 2.22. The topological polar surface area (TPSA) is 17.1 Å². The molecule has 0 amide bonds. The second kappa shape index (κ2) is 3.71. The predicted molar refractivity (Wildman–Crippen MR) is 48.0 cm³/mol. The van der Waals surface area contributed by atoms with E-state index in [9.17, 15) is 4.79 Å². The van der Waals surface area contributed by atoms with Crippen LogP contribution in [0.4, 0.5) is 0 Å². The van der Waals surface area contributed by atoms with Gasteiger partial charge in [-0.25, -0.2) is 0 Å². The van der Waals surface area contributed by atoms with Crippen molar-refractivity contribution in [3.8, 4) is 0 Å². The minimum Gasteiger partial charge on any atom is -0.303 e. The number of halogens is 1. The molecule has 1 aliphatic rings. The highest BCUT2D eigenvalue weighted by molar-refractivity contribution is 14.2. The summed E-state index contributed by atoms with van der Waals surface area (Å²) in [6.07, 6.45) is 5.59. The van der Waals surface area contributed by atoms with E-state index in [1.165, 1.54) is 0 Å². The molecule has 0 aliphatic carbocycles. The molecule has 0 radical (unpaired) electrons. The Balaban J connectivity index is 2.60. The first-order valence-electron chi connectivity index (χ1n) is 2.68. The van der Waals surface area contributed by atoms with Crippen LogP contribution in [0.25, 0.3) is 0 Å². The summed E-state index contributed by atoms with van der Waals surface area (Å²) in [5, 5.41) is 0. The Morgan fingerprint density at radius 1 is 1.67 bits per heavy atom. The molecule has 0 unspecified atom stereocenters. The Kier molecular flexibility index (Phi) is 2.83. The molecule has 0 saturated carbocycles. The zero-order valence-corrected chi connectivity index (χ0v) is 7.04. The van der Waals surface area contributed by atoms with Gasteiger partial charge in [-0.3, -0.25) is 0 Å². The third-order valence-corrected chi connectivity index (χ3v) is 2.57. The molecule has 0 aromatic rings. The van der Waals surface area contributed by atoms with E-state index in [4.69, 9.17) is 0 Å². The lowest BCUT2D eigenvalue weighted by Crippen LogP contribution is -1.81. The maximum Gasteiger partial charge on any atom is 0.124 e. The van der Waals surface area contributed by atoms with Gasteiger partial charge in [-0.05, 0) is 13.7 Å². The smallest absolute Gasteiger partial charge is 0.124 e. The Bertz CT molecular complexity index is 189. The van der Waals surface area contributed by atoms with Gasteiger partial charge in [-0.1, -0.05) is 32.9 Å². The Hall–Kier alpha value is -0.250. The number of rotatable bonds is 2. The van der Waals surface area contributed by atoms with Crippen LogP contribution in [0.3, 0.4) is 0 Å². The molecule has 0 spiro atoms. The molecule has 2 heteroatoms. The molecule has 0 bridgehead atoms. The first-order valence-corrected chi connectivity index (χ1v) is 5.17. The summed E-state index contributed by atoms with van der Waals surface area (Å²) in [6, 6.07) is 0. The fraction of sp³-hybridized carbons (Fsp3) is 0.143. The van der Waals surface area contributed by atoms with Crippen LogP contribution in [-0.2, 0) is 4.79 Å². The van der Waals surface area contributed by atoms with Crippen molar-refractivity contribution >= 4 is 31.0 Å². The lowest BCUT2D eigenvalue weighted by atomic mass is 10.2. The van der Waals surface area contributed by atoms with Gasteiger partial charge in [0.25, 0.3) is 0 Å². The van der Waals surface area contributed by atoms with Crippen molar-refractivity contribution in [2.75, 3.05) is 0 Å². The summed E-state index contributed by atoms with van der Waals surface area (Å²) in [5.41, 5.74) is 1.14. The van der Waals surface area contributed by atoms with E-state index in [2.05, 4.69) is 8.09 Å². The first-order chi connectivity index (χ1) is 4.43. The lowest BCUT2D eigenvalue weighted by molar-refractivity contribution is -0.107.